The van der Waals surface area contributed by atoms with Crippen molar-refractivity contribution in [1.82, 2.24) is 19.7 Å². The molecule has 2 aromatic heterocycles. The Bertz CT molecular complexity index is 1250. The van der Waals surface area contributed by atoms with Gasteiger partial charge >= 0.3 is 0 Å². The lowest BCUT2D eigenvalue weighted by Crippen LogP contribution is -2.18. The van der Waals surface area contributed by atoms with Gasteiger partial charge in [-0.15, -0.1) is 12.3 Å². The summed E-state index contributed by atoms with van der Waals surface area (Å²) >= 11 is 0. The van der Waals surface area contributed by atoms with Gasteiger partial charge in [0.15, 0.2) is 0 Å². The zero-order chi connectivity index (χ0) is 22.5. The van der Waals surface area contributed by atoms with E-state index in [2.05, 4.69) is 20.9 Å². The van der Waals surface area contributed by atoms with Gasteiger partial charge in [-0.05, 0) is 24.6 Å². The van der Waals surface area contributed by atoms with Gasteiger partial charge in [0.05, 0.1) is 43.3 Å². The first-order valence-corrected chi connectivity index (χ1v) is 10.3. The predicted molar refractivity (Wildman–Crippen MR) is 126 cm³/mol. The number of hydrogen-bond acceptors (Lipinski definition) is 6. The Morgan fingerprint density at radius 3 is 2.44 bits per heavy atom. The maximum absolute atomic E-state index is 5.50. The Morgan fingerprint density at radius 1 is 1.00 bits per heavy atom. The van der Waals surface area contributed by atoms with Crippen LogP contribution in [0.2, 0.25) is 0 Å². The Labute approximate surface area is 187 Å². The van der Waals surface area contributed by atoms with Crippen molar-refractivity contribution in [3.63, 3.8) is 0 Å². The minimum atomic E-state index is 0.691. The third-order valence-electron chi connectivity index (χ3n) is 5.19. The number of aromatic nitrogens is 4. The number of fused-ring (bicyclic) bond motifs is 1. The maximum atomic E-state index is 5.50. The Kier molecular flexibility index (Phi) is 6.22. The number of hydrogen-bond donors (Lipinski definition) is 0. The van der Waals surface area contributed by atoms with Crippen LogP contribution in [0.4, 0.5) is 11.4 Å². The molecule has 4 aromatic rings. The fourth-order valence-electron chi connectivity index (χ4n) is 3.56. The van der Waals surface area contributed by atoms with Crippen LogP contribution in [-0.2, 0) is 7.05 Å². The van der Waals surface area contributed by atoms with Gasteiger partial charge in [0.1, 0.15) is 11.5 Å². The van der Waals surface area contributed by atoms with Crippen LogP contribution in [0.3, 0.4) is 0 Å². The molecule has 0 unspecified atom stereocenters. The molecule has 0 N–H and O–H groups in total. The van der Waals surface area contributed by atoms with E-state index in [0.717, 1.165) is 58.1 Å². The second-order valence-electron chi connectivity index (χ2n) is 7.36. The standard InChI is InChI=1S/C25H25N5O2/c1-5-6-7-10-30(20-11-21(31-3)14-22(12-20)32-4)19-8-9-23-24(13-19)28-25(16-26-23)18-15-27-29(2)17-18/h1,8-9,11-17H,6-7,10H2,2-4H3. The zero-order valence-electron chi connectivity index (χ0n) is 18.4. The van der Waals surface area contributed by atoms with Crippen molar-refractivity contribution in [3.8, 4) is 35.1 Å². The molecule has 0 saturated carbocycles. The third kappa shape index (κ3) is 4.49. The van der Waals surface area contributed by atoms with Crippen LogP contribution < -0.4 is 14.4 Å². The molecule has 0 aliphatic rings. The molecule has 32 heavy (non-hydrogen) atoms. The highest BCUT2D eigenvalue weighted by molar-refractivity contribution is 5.82. The van der Waals surface area contributed by atoms with Crippen LogP contribution in [0.25, 0.3) is 22.3 Å². The Balaban J connectivity index is 1.78. The number of rotatable bonds is 8. The van der Waals surface area contributed by atoms with E-state index in [-0.39, 0.29) is 0 Å². The smallest absolute Gasteiger partial charge is 0.124 e. The van der Waals surface area contributed by atoms with Crippen molar-refractivity contribution in [2.24, 2.45) is 7.05 Å². The highest BCUT2D eigenvalue weighted by Gasteiger charge is 2.14. The molecule has 2 aromatic carbocycles. The number of benzene rings is 2. The molecule has 2 heterocycles. The van der Waals surface area contributed by atoms with Crippen LogP contribution in [0.1, 0.15) is 12.8 Å². The van der Waals surface area contributed by atoms with Crippen LogP contribution >= 0.6 is 0 Å². The second kappa shape index (κ2) is 9.40. The predicted octanol–water partition coefficient (Wildman–Crippen LogP) is 4.60. The van der Waals surface area contributed by atoms with Gasteiger partial charge in [0.25, 0.3) is 0 Å². The SMILES string of the molecule is C#CCCCN(c1cc(OC)cc(OC)c1)c1ccc2ncc(-c3cnn(C)c3)nc2c1. The van der Waals surface area contributed by atoms with Gasteiger partial charge < -0.3 is 14.4 Å². The number of nitrogens with zero attached hydrogens (tertiary/aromatic N) is 5. The molecular formula is C25H25N5O2. The van der Waals surface area contributed by atoms with Gasteiger partial charge in [0, 0.05) is 61.3 Å². The summed E-state index contributed by atoms with van der Waals surface area (Å²) in [4.78, 5) is 11.6. The minimum Gasteiger partial charge on any atom is -0.497 e. The number of terminal acetylenes is 1. The van der Waals surface area contributed by atoms with Crippen molar-refractivity contribution in [2.45, 2.75) is 12.8 Å². The second-order valence-corrected chi connectivity index (χ2v) is 7.36. The topological polar surface area (TPSA) is 65.3 Å². The molecule has 0 aliphatic heterocycles. The highest BCUT2D eigenvalue weighted by atomic mass is 16.5. The van der Waals surface area contributed by atoms with Crippen LogP contribution in [0.15, 0.2) is 55.0 Å². The van der Waals surface area contributed by atoms with Crippen LogP contribution in [0, 0.1) is 12.3 Å². The number of aryl methyl sites for hydroxylation is 1. The summed E-state index contributed by atoms with van der Waals surface area (Å²) in [6, 6.07) is 11.9. The van der Waals surface area contributed by atoms with Crippen LogP contribution in [0.5, 0.6) is 11.5 Å². The van der Waals surface area contributed by atoms with Gasteiger partial charge in [-0.25, -0.2) is 4.98 Å². The number of methoxy groups -OCH3 is 2. The molecule has 7 nitrogen and oxygen atoms in total. The van der Waals surface area contributed by atoms with Crippen LogP contribution in [-0.4, -0.2) is 40.5 Å². The molecule has 0 atom stereocenters. The molecule has 7 heteroatoms. The summed E-state index contributed by atoms with van der Waals surface area (Å²) in [5, 5.41) is 4.23. The highest BCUT2D eigenvalue weighted by Crippen LogP contribution is 2.34. The largest absolute Gasteiger partial charge is 0.497 e. The molecule has 0 saturated heterocycles. The van der Waals surface area contributed by atoms with Gasteiger partial charge in [-0.3, -0.25) is 9.67 Å². The molecule has 0 radical (unpaired) electrons. The molecule has 0 fully saturated rings. The van der Waals surface area contributed by atoms with E-state index in [1.165, 1.54) is 0 Å². The maximum Gasteiger partial charge on any atom is 0.124 e. The fraction of sp³-hybridized carbons (Fsp3) is 0.240. The van der Waals surface area contributed by atoms with E-state index in [9.17, 15) is 0 Å². The summed E-state index contributed by atoms with van der Waals surface area (Å²) in [7, 11) is 5.17. The van der Waals surface area contributed by atoms with Gasteiger partial charge in [-0.2, -0.15) is 5.10 Å². The van der Waals surface area contributed by atoms with Crippen molar-refractivity contribution < 1.29 is 9.47 Å². The minimum absolute atomic E-state index is 0.691. The zero-order valence-corrected chi connectivity index (χ0v) is 18.4. The van der Waals surface area contributed by atoms with Crippen molar-refractivity contribution >= 4 is 22.4 Å². The molecule has 162 valence electrons. The molecule has 0 bridgehead atoms. The van der Waals surface area contributed by atoms with Gasteiger partial charge in [0.2, 0.25) is 0 Å². The number of anilines is 2. The average molecular weight is 428 g/mol. The Morgan fingerprint density at radius 2 is 1.78 bits per heavy atom. The summed E-state index contributed by atoms with van der Waals surface area (Å²) in [5.41, 5.74) is 5.28. The average Bonchev–Trinajstić information content (AvgIpc) is 3.27. The van der Waals surface area contributed by atoms with E-state index in [0.29, 0.717) is 6.42 Å². The number of ether oxygens (including phenoxy) is 2. The van der Waals surface area contributed by atoms with E-state index in [4.69, 9.17) is 20.9 Å². The first-order valence-electron chi connectivity index (χ1n) is 10.3. The van der Waals surface area contributed by atoms with E-state index in [1.807, 2.05) is 49.6 Å². The normalized spacial score (nSPS) is 10.7. The van der Waals surface area contributed by atoms with E-state index < -0.39 is 0 Å². The molecule has 0 aliphatic carbocycles. The van der Waals surface area contributed by atoms with Gasteiger partial charge in [-0.1, -0.05) is 0 Å². The fourth-order valence-corrected chi connectivity index (χ4v) is 3.56. The summed E-state index contributed by atoms with van der Waals surface area (Å²) in [5.74, 6) is 4.17. The van der Waals surface area contributed by atoms with E-state index in [1.54, 1.807) is 31.3 Å². The molecule has 4 rings (SSSR count). The summed E-state index contributed by atoms with van der Waals surface area (Å²) in [6.07, 6.45) is 12.5. The first kappa shape index (κ1) is 21.2. The summed E-state index contributed by atoms with van der Waals surface area (Å²) < 4.78 is 12.7. The quantitative estimate of drug-likeness (QED) is 0.302. The summed E-state index contributed by atoms with van der Waals surface area (Å²) in [6.45, 7) is 0.738. The lowest BCUT2D eigenvalue weighted by Gasteiger charge is -2.26. The number of unbranched alkanes of at least 4 members (excludes halogenated alkanes) is 1. The van der Waals surface area contributed by atoms with Crippen molar-refractivity contribution in [2.75, 3.05) is 25.7 Å². The Hall–Kier alpha value is -4.05. The third-order valence-corrected chi connectivity index (χ3v) is 5.19. The molecular weight excluding hydrogens is 402 g/mol. The van der Waals surface area contributed by atoms with Crippen molar-refractivity contribution in [3.05, 3.63) is 55.0 Å². The molecule has 0 amide bonds. The van der Waals surface area contributed by atoms with Crippen molar-refractivity contribution in [1.29, 1.82) is 0 Å². The van der Waals surface area contributed by atoms with E-state index >= 15 is 0 Å². The lowest BCUT2D eigenvalue weighted by atomic mass is 10.1. The monoisotopic (exact) mass is 427 g/mol. The lowest BCUT2D eigenvalue weighted by molar-refractivity contribution is 0.394. The molecule has 0 spiro atoms. The first-order chi connectivity index (χ1) is 15.6.